The van der Waals surface area contributed by atoms with Crippen molar-refractivity contribution < 1.29 is 4.42 Å². The largest absolute Gasteiger partial charge is 0.448 e. The average molecular weight is 298 g/mol. The van der Waals surface area contributed by atoms with Crippen molar-refractivity contribution in [3.63, 3.8) is 0 Å². The number of hydrogen-bond acceptors (Lipinski definition) is 4. The molecule has 0 aliphatic heterocycles. The first kappa shape index (κ1) is 14.8. The van der Waals surface area contributed by atoms with Gasteiger partial charge in [-0.3, -0.25) is 4.90 Å². The second-order valence-electron chi connectivity index (χ2n) is 6.02. The summed E-state index contributed by atoms with van der Waals surface area (Å²) in [6.07, 6.45) is 2.65. The van der Waals surface area contributed by atoms with Gasteiger partial charge in [0, 0.05) is 25.4 Å². The Morgan fingerprint density at radius 3 is 2.77 bits per heavy atom. The van der Waals surface area contributed by atoms with Crippen LogP contribution in [0.15, 0.2) is 34.9 Å². The molecule has 116 valence electrons. The van der Waals surface area contributed by atoms with Gasteiger partial charge >= 0.3 is 0 Å². The molecular formula is C17H22N4O. The maximum atomic E-state index is 5.47. The molecule has 0 amide bonds. The summed E-state index contributed by atoms with van der Waals surface area (Å²) < 4.78 is 5.47. The number of aromatic amines is 1. The molecule has 0 fully saturated rings. The Morgan fingerprint density at radius 1 is 1.23 bits per heavy atom. The van der Waals surface area contributed by atoms with Crippen LogP contribution in [-0.4, -0.2) is 33.4 Å². The number of H-pyrrole nitrogens is 1. The molecule has 5 nitrogen and oxygen atoms in total. The zero-order valence-electron chi connectivity index (χ0n) is 13.3. The Morgan fingerprint density at radius 2 is 2.05 bits per heavy atom. The van der Waals surface area contributed by atoms with Crippen molar-refractivity contribution in [3.05, 3.63) is 47.9 Å². The molecule has 0 spiro atoms. The van der Waals surface area contributed by atoms with Crippen LogP contribution in [0.3, 0.4) is 0 Å². The summed E-state index contributed by atoms with van der Waals surface area (Å²) in [5.74, 6) is 2.16. The third-order valence-corrected chi connectivity index (χ3v) is 3.66. The van der Waals surface area contributed by atoms with Crippen LogP contribution in [0, 0.1) is 0 Å². The van der Waals surface area contributed by atoms with Crippen LogP contribution in [0.2, 0.25) is 0 Å². The van der Waals surface area contributed by atoms with Crippen LogP contribution >= 0.6 is 0 Å². The number of aromatic nitrogens is 3. The van der Waals surface area contributed by atoms with Gasteiger partial charge in [-0.15, -0.1) is 0 Å². The number of fused-ring (bicyclic) bond motifs is 1. The third-order valence-electron chi connectivity index (χ3n) is 3.66. The highest BCUT2D eigenvalue weighted by Crippen LogP contribution is 2.14. The summed E-state index contributed by atoms with van der Waals surface area (Å²) >= 11 is 0. The second-order valence-corrected chi connectivity index (χ2v) is 6.02. The Bertz CT molecular complexity index is 711. The van der Waals surface area contributed by atoms with E-state index in [2.05, 4.69) is 46.8 Å². The van der Waals surface area contributed by atoms with Crippen molar-refractivity contribution >= 4 is 11.0 Å². The van der Waals surface area contributed by atoms with Gasteiger partial charge in [-0.1, -0.05) is 26.0 Å². The van der Waals surface area contributed by atoms with Crippen molar-refractivity contribution in [3.8, 4) is 0 Å². The number of hydrogen-bond donors (Lipinski definition) is 1. The van der Waals surface area contributed by atoms with Gasteiger partial charge in [-0.2, -0.15) is 0 Å². The Labute approximate surface area is 130 Å². The van der Waals surface area contributed by atoms with Gasteiger partial charge in [0.1, 0.15) is 12.1 Å². The summed E-state index contributed by atoms with van der Waals surface area (Å²) in [7, 11) is 2.09. The molecule has 3 aromatic rings. The van der Waals surface area contributed by atoms with Gasteiger partial charge in [0.05, 0.1) is 16.7 Å². The highest BCUT2D eigenvalue weighted by atomic mass is 16.3. The lowest BCUT2D eigenvalue weighted by atomic mass is 10.2. The monoisotopic (exact) mass is 298 g/mol. The number of nitrogens with one attached hydrogen (secondary N) is 1. The third kappa shape index (κ3) is 3.36. The lowest BCUT2D eigenvalue weighted by molar-refractivity contribution is 0.324. The quantitative estimate of drug-likeness (QED) is 0.758. The zero-order chi connectivity index (χ0) is 15.5. The molecule has 2 aromatic heterocycles. The van der Waals surface area contributed by atoms with E-state index in [1.807, 2.05) is 18.2 Å². The van der Waals surface area contributed by atoms with Crippen molar-refractivity contribution in [2.75, 3.05) is 13.6 Å². The van der Waals surface area contributed by atoms with E-state index in [0.29, 0.717) is 5.92 Å². The lowest BCUT2D eigenvalue weighted by Crippen LogP contribution is -2.21. The van der Waals surface area contributed by atoms with E-state index >= 15 is 0 Å². The van der Waals surface area contributed by atoms with E-state index in [1.54, 1.807) is 6.26 Å². The molecule has 0 aliphatic rings. The van der Waals surface area contributed by atoms with E-state index < -0.39 is 0 Å². The minimum absolute atomic E-state index is 0.328. The number of rotatable bonds is 6. The number of nitrogens with zero attached hydrogens (tertiary/aromatic N) is 3. The average Bonchev–Trinajstić information content (AvgIpc) is 3.11. The maximum Gasteiger partial charge on any atom is 0.196 e. The van der Waals surface area contributed by atoms with Crippen LogP contribution in [-0.2, 0) is 13.0 Å². The molecule has 0 saturated heterocycles. The summed E-state index contributed by atoms with van der Waals surface area (Å²) in [6, 6.07) is 8.11. The summed E-state index contributed by atoms with van der Waals surface area (Å²) in [5, 5.41) is 0. The predicted octanol–water partition coefficient (Wildman–Crippen LogP) is 3.35. The van der Waals surface area contributed by atoms with E-state index in [9.17, 15) is 0 Å². The van der Waals surface area contributed by atoms with Gasteiger partial charge in [-0.05, 0) is 19.2 Å². The van der Waals surface area contributed by atoms with Crippen LogP contribution < -0.4 is 0 Å². The molecule has 5 heteroatoms. The minimum Gasteiger partial charge on any atom is -0.448 e. The van der Waals surface area contributed by atoms with E-state index in [1.165, 1.54) is 0 Å². The Balaban J connectivity index is 1.56. The predicted molar refractivity (Wildman–Crippen MR) is 86.7 cm³/mol. The van der Waals surface area contributed by atoms with E-state index in [0.717, 1.165) is 48.0 Å². The first-order chi connectivity index (χ1) is 10.6. The van der Waals surface area contributed by atoms with E-state index in [4.69, 9.17) is 4.42 Å². The number of benzene rings is 1. The molecule has 3 rings (SSSR count). The van der Waals surface area contributed by atoms with Gasteiger partial charge < -0.3 is 9.40 Å². The summed E-state index contributed by atoms with van der Waals surface area (Å²) in [4.78, 5) is 14.7. The minimum atomic E-state index is 0.328. The highest BCUT2D eigenvalue weighted by Gasteiger charge is 2.10. The molecule has 0 radical (unpaired) electrons. The number of likely N-dealkylation sites (N-methyl/N-ethyl adjacent to an activating group) is 1. The molecule has 0 unspecified atom stereocenters. The Kier molecular flexibility index (Phi) is 4.24. The number of oxazole rings is 1. The smallest absolute Gasteiger partial charge is 0.196 e. The first-order valence-corrected chi connectivity index (χ1v) is 7.68. The van der Waals surface area contributed by atoms with Crippen LogP contribution in [0.4, 0.5) is 0 Å². The normalized spacial score (nSPS) is 11.9. The van der Waals surface area contributed by atoms with Crippen LogP contribution in [0.1, 0.15) is 37.2 Å². The van der Waals surface area contributed by atoms with Crippen molar-refractivity contribution in [2.45, 2.75) is 32.7 Å². The van der Waals surface area contributed by atoms with E-state index in [-0.39, 0.29) is 0 Å². The fraction of sp³-hybridized carbons (Fsp3) is 0.412. The molecule has 22 heavy (non-hydrogen) atoms. The maximum absolute atomic E-state index is 5.47. The molecule has 2 heterocycles. The fourth-order valence-corrected chi connectivity index (χ4v) is 2.44. The molecule has 0 aliphatic carbocycles. The topological polar surface area (TPSA) is 58.0 Å². The van der Waals surface area contributed by atoms with Gasteiger partial charge in [0.2, 0.25) is 0 Å². The molecule has 0 atom stereocenters. The fourth-order valence-electron chi connectivity index (χ4n) is 2.44. The number of para-hydroxylation sites is 2. The van der Waals surface area contributed by atoms with Crippen molar-refractivity contribution in [1.82, 2.24) is 19.9 Å². The number of imidazole rings is 1. The lowest BCUT2D eigenvalue weighted by Gasteiger charge is -2.13. The Hall–Kier alpha value is -2.14. The molecule has 1 aromatic carbocycles. The highest BCUT2D eigenvalue weighted by molar-refractivity contribution is 5.74. The van der Waals surface area contributed by atoms with Crippen LogP contribution in [0.5, 0.6) is 0 Å². The first-order valence-electron chi connectivity index (χ1n) is 7.68. The van der Waals surface area contributed by atoms with Gasteiger partial charge in [-0.25, -0.2) is 9.97 Å². The van der Waals surface area contributed by atoms with Gasteiger partial charge in [0.15, 0.2) is 5.89 Å². The zero-order valence-corrected chi connectivity index (χ0v) is 13.3. The second kappa shape index (κ2) is 6.32. The van der Waals surface area contributed by atoms with Gasteiger partial charge in [0.25, 0.3) is 0 Å². The molecular weight excluding hydrogens is 276 g/mol. The van der Waals surface area contributed by atoms with Crippen molar-refractivity contribution in [1.29, 1.82) is 0 Å². The summed E-state index contributed by atoms with van der Waals surface area (Å²) in [5.41, 5.74) is 3.10. The molecule has 0 saturated carbocycles. The molecule has 1 N–H and O–H groups in total. The standard InChI is InChI=1S/C17H22N4O/c1-12(2)17-18-13(11-22-17)10-21(3)9-8-16-19-14-6-4-5-7-15(14)20-16/h4-7,11-12H,8-10H2,1-3H3,(H,19,20). The summed E-state index contributed by atoms with van der Waals surface area (Å²) in [6.45, 7) is 5.88. The van der Waals surface area contributed by atoms with Crippen LogP contribution in [0.25, 0.3) is 11.0 Å². The molecule has 0 bridgehead atoms. The SMILES string of the molecule is CC(C)c1nc(CN(C)CCc2nc3ccccc3[nH]2)co1. The van der Waals surface area contributed by atoms with Crippen molar-refractivity contribution in [2.24, 2.45) is 0 Å².